The van der Waals surface area contributed by atoms with E-state index in [0.717, 1.165) is 134 Å². The van der Waals surface area contributed by atoms with Gasteiger partial charge in [0.15, 0.2) is 11.6 Å². The molecule has 0 aliphatic carbocycles. The zero-order valence-electron chi connectivity index (χ0n) is 53.6. The fraction of sp³-hybridized carbons (Fsp3) is 0.0449. The maximum atomic E-state index is 6.41. The van der Waals surface area contributed by atoms with Gasteiger partial charge in [-0.2, -0.15) is 0 Å². The number of rotatable bonds is 12. The Hall–Kier alpha value is -12.5. The average molecular weight is 1230 g/mol. The van der Waals surface area contributed by atoms with Crippen molar-refractivity contribution in [2.24, 2.45) is 0 Å². The topological polar surface area (TPSA) is 74.3 Å². The van der Waals surface area contributed by atoms with Crippen LogP contribution < -0.4 is 0 Å². The van der Waals surface area contributed by atoms with Crippen LogP contribution in [0.4, 0.5) is 0 Å². The third-order valence-corrected chi connectivity index (χ3v) is 18.6. The SMILES string of the molecule is Cc1ccc2c(c1)c1cc(C)ccc1n2-c1ccccc1-c1cc(-c2ccccc2-c2cc(-c3ccccc3)nc(-c3ccccc3)n2)c(-c2ccccc2-n2c3ccc(C)cc3c3cc(C)ccc32)nc1-c1ccccc1-c1cc(-c2ccccc2)nc(-c2ccccc2)n1. The Morgan fingerprint density at radius 2 is 0.510 bits per heavy atom. The number of hydrogen-bond donors (Lipinski definition) is 0. The van der Waals surface area contributed by atoms with E-state index in [1.807, 2.05) is 48.5 Å². The van der Waals surface area contributed by atoms with Gasteiger partial charge in [0.25, 0.3) is 0 Å². The first-order valence-electron chi connectivity index (χ1n) is 32.7. The van der Waals surface area contributed by atoms with E-state index in [0.29, 0.717) is 11.6 Å². The summed E-state index contributed by atoms with van der Waals surface area (Å²) in [5.41, 5.74) is 27.4. The van der Waals surface area contributed by atoms with Gasteiger partial charge in [-0.15, -0.1) is 0 Å². The molecule has 7 heteroatoms. The van der Waals surface area contributed by atoms with Crippen LogP contribution in [0.15, 0.2) is 309 Å². The fourth-order valence-corrected chi connectivity index (χ4v) is 14.1. The van der Waals surface area contributed by atoms with Crippen molar-refractivity contribution in [1.82, 2.24) is 34.1 Å². The van der Waals surface area contributed by atoms with Gasteiger partial charge in [0.05, 0.1) is 67.6 Å². The number of benzene rings is 12. The second-order valence-electron chi connectivity index (χ2n) is 25.0. The van der Waals surface area contributed by atoms with Crippen LogP contribution in [0, 0.1) is 27.7 Å². The van der Waals surface area contributed by atoms with E-state index in [9.17, 15) is 0 Å². The number of aryl methyl sites for hydroxylation is 4. The summed E-state index contributed by atoms with van der Waals surface area (Å²) in [6.45, 7) is 8.72. The minimum atomic E-state index is 0.630. The summed E-state index contributed by atoms with van der Waals surface area (Å²) in [6, 6.07) is 111. The predicted molar refractivity (Wildman–Crippen MR) is 397 cm³/mol. The lowest BCUT2D eigenvalue weighted by Crippen LogP contribution is -2.04. The van der Waals surface area contributed by atoms with Crippen molar-refractivity contribution in [3.63, 3.8) is 0 Å². The largest absolute Gasteiger partial charge is 0.309 e. The Balaban J connectivity index is 1.02. The first kappa shape index (κ1) is 57.5. The normalized spacial score (nSPS) is 11.5. The van der Waals surface area contributed by atoms with Crippen molar-refractivity contribution < 1.29 is 0 Å². The van der Waals surface area contributed by atoms with E-state index >= 15 is 0 Å². The highest BCUT2D eigenvalue weighted by Crippen LogP contribution is 2.49. The van der Waals surface area contributed by atoms with E-state index in [2.05, 4.69) is 298 Å². The first-order chi connectivity index (χ1) is 47.2. The molecule has 0 N–H and O–H groups in total. The summed E-state index contributed by atoms with van der Waals surface area (Å²) in [7, 11) is 0. The van der Waals surface area contributed by atoms with Crippen LogP contribution in [-0.4, -0.2) is 34.1 Å². The molecule has 5 heterocycles. The highest BCUT2D eigenvalue weighted by atomic mass is 15.0. The molecule has 17 aromatic rings. The van der Waals surface area contributed by atoms with Gasteiger partial charge in [-0.05, 0) is 112 Å². The third kappa shape index (κ3) is 10.2. The van der Waals surface area contributed by atoms with E-state index < -0.39 is 0 Å². The van der Waals surface area contributed by atoms with E-state index in [1.165, 1.54) is 43.8 Å². The molecule has 7 nitrogen and oxygen atoms in total. The molecule has 17 rings (SSSR count). The lowest BCUT2D eigenvalue weighted by Gasteiger charge is -2.23. The van der Waals surface area contributed by atoms with Gasteiger partial charge in [-0.3, -0.25) is 0 Å². The Labute approximate surface area is 557 Å². The number of aromatic nitrogens is 7. The van der Waals surface area contributed by atoms with Crippen LogP contribution in [-0.2, 0) is 0 Å². The number of nitrogens with zero attached hydrogens (tertiary/aromatic N) is 7. The summed E-state index contributed by atoms with van der Waals surface area (Å²) >= 11 is 0. The van der Waals surface area contributed by atoms with Gasteiger partial charge in [-0.1, -0.05) is 253 Å². The lowest BCUT2D eigenvalue weighted by molar-refractivity contribution is 1.17. The third-order valence-electron chi connectivity index (χ3n) is 18.6. The van der Waals surface area contributed by atoms with Crippen LogP contribution in [0.1, 0.15) is 22.3 Å². The van der Waals surface area contributed by atoms with Crippen molar-refractivity contribution in [3.05, 3.63) is 332 Å². The Kier molecular flexibility index (Phi) is 14.3. The molecule has 0 aliphatic rings. The highest BCUT2D eigenvalue weighted by molar-refractivity contribution is 6.12. The van der Waals surface area contributed by atoms with Crippen LogP contribution in [0.25, 0.3) is 168 Å². The first-order valence-corrected chi connectivity index (χ1v) is 32.7. The molecule has 454 valence electrons. The second kappa shape index (κ2) is 23.9. The Morgan fingerprint density at radius 3 is 0.938 bits per heavy atom. The minimum absolute atomic E-state index is 0.630. The molecule has 0 unspecified atom stereocenters. The summed E-state index contributed by atoms with van der Waals surface area (Å²) < 4.78 is 4.90. The molecular formula is C89H63N7. The predicted octanol–water partition coefficient (Wildman–Crippen LogP) is 22.8. The van der Waals surface area contributed by atoms with Crippen molar-refractivity contribution in [3.8, 4) is 124 Å². The maximum Gasteiger partial charge on any atom is 0.160 e. The van der Waals surface area contributed by atoms with Crippen LogP contribution in [0.3, 0.4) is 0 Å². The molecular weight excluding hydrogens is 1170 g/mol. The monoisotopic (exact) mass is 1230 g/mol. The Bertz CT molecular complexity index is 5270. The van der Waals surface area contributed by atoms with Crippen molar-refractivity contribution in [2.75, 3.05) is 0 Å². The van der Waals surface area contributed by atoms with E-state index in [1.54, 1.807) is 0 Å². The van der Waals surface area contributed by atoms with Crippen molar-refractivity contribution >= 4 is 43.6 Å². The smallest absolute Gasteiger partial charge is 0.160 e. The molecule has 0 saturated heterocycles. The van der Waals surface area contributed by atoms with E-state index in [4.69, 9.17) is 24.9 Å². The molecule has 0 radical (unpaired) electrons. The van der Waals surface area contributed by atoms with Gasteiger partial charge in [-0.25, -0.2) is 24.9 Å². The zero-order valence-corrected chi connectivity index (χ0v) is 53.6. The molecule has 0 fully saturated rings. The molecule has 0 spiro atoms. The molecule has 12 aromatic carbocycles. The standard InChI is InChI=1S/C89H63N7/c1-56-41-45-82-70(49-56)71-50-57(2)42-46-83(71)95(82)80-39-23-21-36-67(80)75-53-74(64-33-17-18-34-65(64)78-54-76(60-25-9-5-10-26-60)90-88(92-78)62-29-13-7-14-30-62)87(69-38-22-24-40-81(69)96-84-47-43-58(3)51-72(84)73-52-59(4)44-48-85(73)96)94-86(75)68-37-20-19-35-66(68)79-55-77(61-27-11-6-12-28-61)91-89(93-79)63-31-15-8-16-32-63/h5-55H,1-4H3. The summed E-state index contributed by atoms with van der Waals surface area (Å²) in [4.78, 5) is 28.1. The van der Waals surface area contributed by atoms with Gasteiger partial charge in [0, 0.05) is 82.7 Å². The minimum Gasteiger partial charge on any atom is -0.309 e. The number of fused-ring (bicyclic) bond motifs is 6. The second-order valence-corrected chi connectivity index (χ2v) is 25.0. The van der Waals surface area contributed by atoms with Crippen molar-refractivity contribution in [1.29, 1.82) is 0 Å². The molecule has 0 bridgehead atoms. The quantitative estimate of drug-likeness (QED) is 0.122. The summed E-state index contributed by atoms with van der Waals surface area (Å²) in [5, 5.41) is 4.79. The summed E-state index contributed by atoms with van der Waals surface area (Å²) in [5.74, 6) is 1.27. The Morgan fingerprint density at radius 1 is 0.208 bits per heavy atom. The zero-order chi connectivity index (χ0) is 64.4. The van der Waals surface area contributed by atoms with Gasteiger partial charge >= 0.3 is 0 Å². The van der Waals surface area contributed by atoms with Crippen LogP contribution in [0.2, 0.25) is 0 Å². The van der Waals surface area contributed by atoms with Gasteiger partial charge in [0.2, 0.25) is 0 Å². The van der Waals surface area contributed by atoms with E-state index in [-0.39, 0.29) is 0 Å². The van der Waals surface area contributed by atoms with Crippen LogP contribution >= 0.6 is 0 Å². The molecule has 5 aromatic heterocycles. The number of pyridine rings is 1. The lowest BCUT2D eigenvalue weighted by atomic mass is 9.87. The molecule has 0 atom stereocenters. The summed E-state index contributed by atoms with van der Waals surface area (Å²) in [6.07, 6.45) is 0. The molecule has 0 amide bonds. The molecule has 0 saturated carbocycles. The number of hydrogen-bond acceptors (Lipinski definition) is 5. The molecule has 0 aliphatic heterocycles. The average Bonchev–Trinajstić information content (AvgIpc) is 1.66. The van der Waals surface area contributed by atoms with Crippen molar-refractivity contribution in [2.45, 2.75) is 27.7 Å². The van der Waals surface area contributed by atoms with Gasteiger partial charge < -0.3 is 9.13 Å². The fourth-order valence-electron chi connectivity index (χ4n) is 14.1. The van der Waals surface area contributed by atoms with Gasteiger partial charge in [0.1, 0.15) is 0 Å². The maximum absolute atomic E-state index is 6.41. The van der Waals surface area contributed by atoms with Crippen LogP contribution in [0.5, 0.6) is 0 Å². The highest BCUT2D eigenvalue weighted by Gasteiger charge is 2.28. The number of para-hydroxylation sites is 2. The molecule has 96 heavy (non-hydrogen) atoms.